The third kappa shape index (κ3) is 3.74. The highest BCUT2D eigenvalue weighted by Crippen LogP contribution is 2.35. The molecule has 1 aromatic heterocycles. The predicted molar refractivity (Wildman–Crippen MR) is 114 cm³/mol. The molecule has 0 spiro atoms. The van der Waals surface area contributed by atoms with Crippen molar-refractivity contribution in [1.82, 2.24) is 9.78 Å². The zero-order chi connectivity index (χ0) is 20.4. The van der Waals surface area contributed by atoms with Crippen LogP contribution in [0.15, 0.2) is 64.6 Å². The van der Waals surface area contributed by atoms with Crippen LogP contribution < -0.4 is 15.2 Å². The maximum absolute atomic E-state index is 12.1. The summed E-state index contributed by atoms with van der Waals surface area (Å²) in [6.07, 6.45) is 3.63. The van der Waals surface area contributed by atoms with E-state index in [4.69, 9.17) is 20.3 Å². The van der Waals surface area contributed by atoms with Gasteiger partial charge in [-0.25, -0.2) is 4.68 Å². The summed E-state index contributed by atoms with van der Waals surface area (Å²) in [5.74, 6) is 0.872. The first-order valence-corrected chi connectivity index (χ1v) is 9.56. The molecule has 146 valence electrons. The van der Waals surface area contributed by atoms with Gasteiger partial charge in [-0.2, -0.15) is 10.1 Å². The number of ether oxygens (including phenoxy) is 2. The highest BCUT2D eigenvalue weighted by molar-refractivity contribution is 8.18. The molecule has 0 fully saturated rings. The van der Waals surface area contributed by atoms with Crippen LogP contribution in [0.4, 0.5) is 0 Å². The van der Waals surface area contributed by atoms with Crippen molar-refractivity contribution in [2.45, 2.75) is 0 Å². The largest absolute Gasteiger partial charge is 0.493 e. The fraction of sp³-hybridized carbons (Fsp3) is 0.0952. The van der Waals surface area contributed by atoms with Crippen LogP contribution in [0.1, 0.15) is 5.56 Å². The molecule has 0 atom stereocenters. The molecule has 1 amide bonds. The van der Waals surface area contributed by atoms with E-state index in [1.807, 2.05) is 54.7 Å². The average molecular weight is 406 g/mol. The molecular formula is C21H18N4O3S. The fourth-order valence-electron chi connectivity index (χ4n) is 2.98. The number of para-hydroxylation sites is 1. The van der Waals surface area contributed by atoms with Gasteiger partial charge in [0.15, 0.2) is 16.7 Å². The summed E-state index contributed by atoms with van der Waals surface area (Å²) in [5.41, 5.74) is 8.88. The number of amidine groups is 1. The number of amides is 1. The molecule has 0 saturated carbocycles. The van der Waals surface area contributed by atoms with Crippen molar-refractivity contribution in [2.24, 2.45) is 10.7 Å². The van der Waals surface area contributed by atoms with E-state index in [9.17, 15) is 4.79 Å². The van der Waals surface area contributed by atoms with Crippen molar-refractivity contribution in [2.75, 3.05) is 14.2 Å². The molecular weight excluding hydrogens is 388 g/mol. The Morgan fingerprint density at radius 3 is 2.48 bits per heavy atom. The minimum Gasteiger partial charge on any atom is -0.493 e. The Hall–Kier alpha value is -3.52. The second-order valence-corrected chi connectivity index (χ2v) is 7.21. The Balaban J connectivity index is 1.85. The Kier molecular flexibility index (Phi) is 5.09. The average Bonchev–Trinajstić information content (AvgIpc) is 3.31. The summed E-state index contributed by atoms with van der Waals surface area (Å²) in [7, 11) is 3.17. The van der Waals surface area contributed by atoms with Gasteiger partial charge in [0, 0.05) is 17.3 Å². The summed E-state index contributed by atoms with van der Waals surface area (Å²) in [4.78, 5) is 16.3. The molecule has 4 rings (SSSR count). The Bertz CT molecular complexity index is 1140. The number of rotatable bonds is 5. The van der Waals surface area contributed by atoms with Gasteiger partial charge in [0.25, 0.3) is 5.91 Å². The molecule has 0 aliphatic carbocycles. The number of carbonyl (C=O) groups is 1. The third-order valence-corrected chi connectivity index (χ3v) is 5.16. The summed E-state index contributed by atoms with van der Waals surface area (Å²) < 4.78 is 12.5. The number of nitrogens with two attached hydrogens (primary N) is 1. The molecule has 1 aliphatic rings. The van der Waals surface area contributed by atoms with E-state index in [1.165, 1.54) is 0 Å². The first-order chi connectivity index (χ1) is 14.1. The minimum atomic E-state index is -0.349. The molecule has 0 bridgehead atoms. The van der Waals surface area contributed by atoms with Gasteiger partial charge in [-0.3, -0.25) is 4.79 Å². The number of hydrogen-bond acceptors (Lipinski definition) is 6. The van der Waals surface area contributed by atoms with Gasteiger partial charge in [-0.15, -0.1) is 0 Å². The lowest BCUT2D eigenvalue weighted by Gasteiger charge is -2.09. The second kappa shape index (κ2) is 7.84. The van der Waals surface area contributed by atoms with Crippen LogP contribution in [-0.2, 0) is 4.79 Å². The normalized spacial score (nSPS) is 14.9. The van der Waals surface area contributed by atoms with E-state index in [0.29, 0.717) is 22.1 Å². The molecule has 0 radical (unpaired) electrons. The third-order valence-electron chi connectivity index (χ3n) is 4.34. The SMILES string of the molecule is COc1ccc(-c2nn(-c3ccccc3)cc2C=C2SC(N)=NC2=O)cc1OC. The van der Waals surface area contributed by atoms with Crippen molar-refractivity contribution in [3.63, 3.8) is 0 Å². The van der Waals surface area contributed by atoms with Crippen LogP contribution in [0.25, 0.3) is 23.0 Å². The van der Waals surface area contributed by atoms with Crippen molar-refractivity contribution in [3.8, 4) is 28.4 Å². The molecule has 3 aromatic rings. The second-order valence-electron chi connectivity index (χ2n) is 6.15. The number of methoxy groups -OCH3 is 2. The first-order valence-electron chi connectivity index (χ1n) is 8.74. The van der Waals surface area contributed by atoms with Gasteiger partial charge in [-0.1, -0.05) is 18.2 Å². The van der Waals surface area contributed by atoms with Crippen LogP contribution in [0, 0.1) is 0 Å². The topological polar surface area (TPSA) is 91.7 Å². The van der Waals surface area contributed by atoms with Crippen molar-refractivity contribution in [3.05, 3.63) is 65.2 Å². The highest BCUT2D eigenvalue weighted by atomic mass is 32.2. The van der Waals surface area contributed by atoms with Crippen molar-refractivity contribution < 1.29 is 14.3 Å². The van der Waals surface area contributed by atoms with Crippen LogP contribution in [0.3, 0.4) is 0 Å². The quantitative estimate of drug-likeness (QED) is 0.652. The number of nitrogens with zero attached hydrogens (tertiary/aromatic N) is 3. The lowest BCUT2D eigenvalue weighted by Crippen LogP contribution is -2.01. The maximum atomic E-state index is 12.1. The predicted octanol–water partition coefficient (Wildman–Crippen LogP) is 3.49. The molecule has 2 aromatic carbocycles. The summed E-state index contributed by atoms with van der Waals surface area (Å²) in [6.45, 7) is 0. The summed E-state index contributed by atoms with van der Waals surface area (Å²) in [6, 6.07) is 15.3. The number of hydrogen-bond donors (Lipinski definition) is 1. The van der Waals surface area contributed by atoms with E-state index >= 15 is 0 Å². The molecule has 0 unspecified atom stereocenters. The summed E-state index contributed by atoms with van der Waals surface area (Å²) >= 11 is 1.15. The molecule has 2 N–H and O–H groups in total. The van der Waals surface area contributed by atoms with E-state index in [1.54, 1.807) is 25.0 Å². The van der Waals surface area contributed by atoms with Crippen molar-refractivity contribution >= 4 is 28.9 Å². The Morgan fingerprint density at radius 2 is 1.83 bits per heavy atom. The van der Waals surface area contributed by atoms with E-state index in [-0.39, 0.29) is 11.1 Å². The van der Waals surface area contributed by atoms with Crippen LogP contribution >= 0.6 is 11.8 Å². The lowest BCUT2D eigenvalue weighted by atomic mass is 10.1. The number of aliphatic imine (C=N–C) groups is 1. The van der Waals surface area contributed by atoms with Gasteiger partial charge in [0.2, 0.25) is 0 Å². The first kappa shape index (κ1) is 18.8. The summed E-state index contributed by atoms with van der Waals surface area (Å²) in [5, 5.41) is 4.99. The zero-order valence-corrected chi connectivity index (χ0v) is 16.6. The number of thioether (sulfide) groups is 1. The zero-order valence-electron chi connectivity index (χ0n) is 15.8. The van der Waals surface area contributed by atoms with Gasteiger partial charge in [0.1, 0.15) is 5.69 Å². The van der Waals surface area contributed by atoms with Crippen LogP contribution in [0.2, 0.25) is 0 Å². The minimum absolute atomic E-state index is 0.240. The Morgan fingerprint density at radius 1 is 1.07 bits per heavy atom. The van der Waals surface area contributed by atoms with E-state index < -0.39 is 0 Å². The molecule has 8 heteroatoms. The van der Waals surface area contributed by atoms with E-state index in [2.05, 4.69) is 4.99 Å². The standard InChI is InChI=1S/C21H18N4O3S/c1-27-16-9-8-13(10-17(16)28-2)19-14(11-18-20(26)23-21(22)29-18)12-25(24-19)15-6-4-3-5-7-15/h3-12H,1-2H3,(H2,22,23,26). The molecule has 29 heavy (non-hydrogen) atoms. The van der Waals surface area contributed by atoms with Gasteiger partial charge in [-0.05, 0) is 48.2 Å². The van der Waals surface area contributed by atoms with Gasteiger partial charge < -0.3 is 15.2 Å². The number of aromatic nitrogens is 2. The maximum Gasteiger partial charge on any atom is 0.286 e. The van der Waals surface area contributed by atoms with Crippen LogP contribution in [-0.4, -0.2) is 35.1 Å². The van der Waals surface area contributed by atoms with Crippen molar-refractivity contribution in [1.29, 1.82) is 0 Å². The number of carbonyl (C=O) groups excluding carboxylic acids is 1. The Labute approximate surface area is 171 Å². The smallest absolute Gasteiger partial charge is 0.286 e. The number of benzene rings is 2. The van der Waals surface area contributed by atoms with Crippen LogP contribution in [0.5, 0.6) is 11.5 Å². The molecule has 0 saturated heterocycles. The molecule has 2 heterocycles. The molecule has 7 nitrogen and oxygen atoms in total. The fourth-order valence-corrected chi connectivity index (χ4v) is 3.65. The van der Waals surface area contributed by atoms with Gasteiger partial charge in [0.05, 0.1) is 24.8 Å². The molecule has 1 aliphatic heterocycles. The van der Waals surface area contributed by atoms with Gasteiger partial charge >= 0.3 is 0 Å². The lowest BCUT2D eigenvalue weighted by molar-refractivity contribution is -0.113. The highest BCUT2D eigenvalue weighted by Gasteiger charge is 2.21. The van der Waals surface area contributed by atoms with E-state index in [0.717, 1.165) is 28.6 Å². The monoisotopic (exact) mass is 406 g/mol.